The van der Waals surface area contributed by atoms with Gasteiger partial charge in [-0.1, -0.05) is 11.8 Å². The Labute approximate surface area is 182 Å². The van der Waals surface area contributed by atoms with E-state index in [4.69, 9.17) is 0 Å². The summed E-state index contributed by atoms with van der Waals surface area (Å²) in [7, 11) is 1.95. The Balaban J connectivity index is 1.11. The number of hydrogen-bond acceptors (Lipinski definition) is 6. The number of carbonyl (C=O) groups excluding carboxylic acids is 2. The molecule has 1 N–H and O–H groups in total. The summed E-state index contributed by atoms with van der Waals surface area (Å²) < 4.78 is 0. The zero-order valence-electron chi connectivity index (χ0n) is 17.4. The zero-order chi connectivity index (χ0) is 20.7. The second kappa shape index (κ2) is 8.15. The topological polar surface area (TPSA) is 59.1 Å². The van der Waals surface area contributed by atoms with Gasteiger partial charge in [-0.05, 0) is 42.0 Å². The minimum Gasteiger partial charge on any atom is -0.385 e. The van der Waals surface area contributed by atoms with Crippen LogP contribution < -0.4 is 5.32 Å². The molecule has 0 radical (unpaired) electrons. The molecule has 1 aromatic rings. The molecule has 0 bridgehead atoms. The Morgan fingerprint density at radius 3 is 2.63 bits per heavy atom. The summed E-state index contributed by atoms with van der Waals surface area (Å²) in [6.07, 6.45) is 4.12. The number of piperazine rings is 1. The molecule has 1 atom stereocenters. The first-order chi connectivity index (χ1) is 14.6. The Morgan fingerprint density at radius 1 is 1.10 bits per heavy atom. The monoisotopic (exact) mass is 427 g/mol. The van der Waals surface area contributed by atoms with Crippen LogP contribution in [0, 0.1) is 0 Å². The molecule has 1 aromatic carbocycles. The molecule has 2 amide bonds. The Morgan fingerprint density at radius 2 is 1.90 bits per heavy atom. The minimum absolute atomic E-state index is 0.111. The first-order valence-electron chi connectivity index (χ1n) is 10.8. The lowest BCUT2D eigenvalue weighted by molar-refractivity contribution is -0.135. The lowest BCUT2D eigenvalue weighted by atomic mass is 9.98. The van der Waals surface area contributed by atoms with Crippen LogP contribution in [0.2, 0.25) is 0 Å². The van der Waals surface area contributed by atoms with Gasteiger partial charge in [-0.25, -0.2) is 0 Å². The molecule has 160 valence electrons. The third kappa shape index (κ3) is 3.67. The van der Waals surface area contributed by atoms with Gasteiger partial charge in [0.05, 0.1) is 0 Å². The van der Waals surface area contributed by atoms with Crippen molar-refractivity contribution in [3.8, 4) is 0 Å². The van der Waals surface area contributed by atoms with Gasteiger partial charge < -0.3 is 20.0 Å². The van der Waals surface area contributed by atoms with Crippen LogP contribution in [0.3, 0.4) is 0 Å². The molecule has 4 aliphatic rings. The molecule has 0 saturated carbocycles. The number of fused-ring (bicyclic) bond motifs is 1. The third-order valence-corrected chi connectivity index (χ3v) is 7.74. The fourth-order valence-electron chi connectivity index (χ4n) is 4.72. The first kappa shape index (κ1) is 19.8. The van der Waals surface area contributed by atoms with Crippen molar-refractivity contribution in [3.63, 3.8) is 0 Å². The maximum absolute atomic E-state index is 12.9. The second-order valence-corrected chi connectivity index (χ2v) is 9.56. The third-order valence-electron chi connectivity index (χ3n) is 6.67. The fourth-order valence-corrected chi connectivity index (χ4v) is 5.66. The number of likely N-dealkylation sites (N-methyl/N-ethyl adjacent to an activating group) is 1. The van der Waals surface area contributed by atoms with Gasteiger partial charge in [0, 0.05) is 76.4 Å². The smallest absolute Gasteiger partial charge is 0.256 e. The number of carbonyl (C=O) groups is 2. The SMILES string of the molecule is CN1C=CSC1C(=O)N1CCN(C2CN(C(=O)c3ccc4c(c3)CCCN4)C2)CC1. The van der Waals surface area contributed by atoms with Crippen molar-refractivity contribution in [1.29, 1.82) is 0 Å². The van der Waals surface area contributed by atoms with Gasteiger partial charge in [-0.15, -0.1) is 0 Å². The lowest BCUT2D eigenvalue weighted by Crippen LogP contribution is -2.65. The zero-order valence-corrected chi connectivity index (χ0v) is 18.2. The van der Waals surface area contributed by atoms with E-state index in [9.17, 15) is 9.59 Å². The summed E-state index contributed by atoms with van der Waals surface area (Å²) in [4.78, 5) is 34.0. The molecule has 8 heteroatoms. The van der Waals surface area contributed by atoms with Crippen LogP contribution >= 0.6 is 11.8 Å². The van der Waals surface area contributed by atoms with Crippen LogP contribution in [0.4, 0.5) is 5.69 Å². The predicted molar refractivity (Wildman–Crippen MR) is 119 cm³/mol. The summed E-state index contributed by atoms with van der Waals surface area (Å²) in [6, 6.07) is 6.47. The molecular formula is C22H29N5O2S. The molecule has 0 spiro atoms. The van der Waals surface area contributed by atoms with Crippen molar-refractivity contribution in [2.75, 3.05) is 58.2 Å². The highest BCUT2D eigenvalue weighted by molar-refractivity contribution is 8.03. The first-order valence-corrected chi connectivity index (χ1v) is 11.8. The quantitative estimate of drug-likeness (QED) is 0.789. The maximum atomic E-state index is 12.9. The van der Waals surface area contributed by atoms with Gasteiger partial charge in [-0.3, -0.25) is 14.5 Å². The van der Waals surface area contributed by atoms with Crippen molar-refractivity contribution in [2.24, 2.45) is 0 Å². The van der Waals surface area contributed by atoms with E-state index in [0.29, 0.717) is 6.04 Å². The average Bonchev–Trinajstić information content (AvgIpc) is 3.18. The number of amides is 2. The van der Waals surface area contributed by atoms with E-state index >= 15 is 0 Å². The molecule has 30 heavy (non-hydrogen) atoms. The lowest BCUT2D eigenvalue weighted by Gasteiger charge is -2.48. The van der Waals surface area contributed by atoms with Crippen LogP contribution in [-0.2, 0) is 11.2 Å². The van der Waals surface area contributed by atoms with Crippen LogP contribution in [0.25, 0.3) is 0 Å². The summed E-state index contributed by atoms with van der Waals surface area (Å²) >= 11 is 1.58. The number of aryl methyl sites for hydroxylation is 1. The summed E-state index contributed by atoms with van der Waals surface area (Å²) in [5.41, 5.74) is 3.23. The molecule has 7 nitrogen and oxygen atoms in total. The van der Waals surface area contributed by atoms with Gasteiger partial charge in [0.25, 0.3) is 11.8 Å². The van der Waals surface area contributed by atoms with Gasteiger partial charge in [0.2, 0.25) is 0 Å². The number of likely N-dealkylation sites (tertiary alicyclic amines) is 1. The highest BCUT2D eigenvalue weighted by Gasteiger charge is 2.38. The summed E-state index contributed by atoms with van der Waals surface area (Å²) in [5, 5.41) is 5.27. The highest BCUT2D eigenvalue weighted by atomic mass is 32.2. The van der Waals surface area contributed by atoms with E-state index in [1.54, 1.807) is 11.8 Å². The molecule has 2 fully saturated rings. The highest BCUT2D eigenvalue weighted by Crippen LogP contribution is 2.27. The Kier molecular flexibility index (Phi) is 5.37. The van der Waals surface area contributed by atoms with E-state index in [-0.39, 0.29) is 17.2 Å². The van der Waals surface area contributed by atoms with Crippen LogP contribution in [-0.4, -0.2) is 95.7 Å². The van der Waals surface area contributed by atoms with Crippen molar-refractivity contribution >= 4 is 29.3 Å². The van der Waals surface area contributed by atoms with Crippen LogP contribution in [0.15, 0.2) is 29.8 Å². The van der Waals surface area contributed by atoms with Crippen molar-refractivity contribution in [3.05, 3.63) is 40.9 Å². The number of nitrogens with zero attached hydrogens (tertiary/aromatic N) is 4. The Hall–Kier alpha value is -2.19. The van der Waals surface area contributed by atoms with Crippen LogP contribution in [0.1, 0.15) is 22.3 Å². The van der Waals surface area contributed by atoms with Gasteiger partial charge >= 0.3 is 0 Å². The minimum atomic E-state index is -0.111. The molecule has 4 aliphatic heterocycles. The molecule has 5 rings (SSSR count). The molecule has 0 aromatic heterocycles. The van der Waals surface area contributed by atoms with E-state index in [1.165, 1.54) is 11.3 Å². The van der Waals surface area contributed by atoms with E-state index in [1.807, 2.05) is 45.5 Å². The normalized spacial score (nSPS) is 24.4. The number of rotatable bonds is 3. The van der Waals surface area contributed by atoms with Gasteiger partial charge in [0.15, 0.2) is 5.37 Å². The summed E-state index contributed by atoms with van der Waals surface area (Å²) in [5.74, 6) is 0.349. The van der Waals surface area contributed by atoms with Crippen LogP contribution in [0.5, 0.6) is 0 Å². The number of benzene rings is 1. The van der Waals surface area contributed by atoms with Gasteiger partial charge in [-0.2, -0.15) is 0 Å². The number of anilines is 1. The largest absolute Gasteiger partial charge is 0.385 e. The van der Waals surface area contributed by atoms with Crippen molar-refractivity contribution < 1.29 is 9.59 Å². The number of nitrogens with one attached hydrogen (secondary N) is 1. The predicted octanol–water partition coefficient (Wildman–Crippen LogP) is 1.49. The van der Waals surface area contributed by atoms with Crippen molar-refractivity contribution in [1.82, 2.24) is 19.6 Å². The molecule has 2 saturated heterocycles. The number of hydrogen-bond donors (Lipinski definition) is 1. The van der Waals surface area contributed by atoms with Gasteiger partial charge in [0.1, 0.15) is 0 Å². The molecular weight excluding hydrogens is 398 g/mol. The standard InChI is InChI=1S/C22H29N5O2S/c1-24-11-12-30-22(24)21(29)26-9-7-25(8-10-26)18-14-27(15-18)20(28)17-4-5-19-16(13-17)3-2-6-23-19/h4-5,11-13,18,22-23H,2-3,6-10,14-15H2,1H3. The fraction of sp³-hybridized carbons (Fsp3) is 0.545. The average molecular weight is 428 g/mol. The second-order valence-electron chi connectivity index (χ2n) is 8.57. The summed E-state index contributed by atoms with van der Waals surface area (Å²) in [6.45, 7) is 5.90. The molecule has 4 heterocycles. The Bertz CT molecular complexity index is 861. The molecule has 1 unspecified atom stereocenters. The van der Waals surface area contributed by atoms with E-state index in [2.05, 4.69) is 16.3 Å². The van der Waals surface area contributed by atoms with E-state index < -0.39 is 0 Å². The van der Waals surface area contributed by atoms with E-state index in [0.717, 1.165) is 64.2 Å². The van der Waals surface area contributed by atoms with Crippen molar-refractivity contribution in [2.45, 2.75) is 24.3 Å². The number of thioether (sulfide) groups is 1. The maximum Gasteiger partial charge on any atom is 0.256 e. The molecule has 0 aliphatic carbocycles.